The minimum atomic E-state index is -0.466. The van der Waals surface area contributed by atoms with Crippen LogP contribution in [0.3, 0.4) is 0 Å². The van der Waals surface area contributed by atoms with Gasteiger partial charge in [-0.15, -0.1) is 0 Å². The number of Topliss-reactive ketones (excluding diaryl/α,β-unsaturated/α-hetero) is 1. The normalized spacial score (nSPS) is 24.2. The van der Waals surface area contributed by atoms with Crippen molar-refractivity contribution >= 4 is 5.78 Å². The summed E-state index contributed by atoms with van der Waals surface area (Å²) >= 11 is 0. The summed E-state index contributed by atoms with van der Waals surface area (Å²) in [6.07, 6.45) is 3.64. The maximum Gasteiger partial charge on any atom is 0.176 e. The van der Waals surface area contributed by atoms with Gasteiger partial charge in [-0.05, 0) is 43.0 Å². The number of aromatic nitrogens is 2. The third-order valence-corrected chi connectivity index (χ3v) is 7.18. The van der Waals surface area contributed by atoms with E-state index in [0.717, 1.165) is 41.2 Å². The molecule has 5 heteroatoms. The van der Waals surface area contributed by atoms with Crippen LogP contribution in [-0.2, 0) is 16.6 Å². The molecule has 0 spiro atoms. The number of ketones is 1. The topological polar surface area (TPSA) is 67.9 Å². The van der Waals surface area contributed by atoms with Gasteiger partial charge < -0.3 is 4.74 Å². The van der Waals surface area contributed by atoms with Crippen molar-refractivity contribution in [3.8, 4) is 28.8 Å². The average Bonchev–Trinajstić information content (AvgIpc) is 3.23. The van der Waals surface area contributed by atoms with Gasteiger partial charge in [0.2, 0.25) is 0 Å². The highest BCUT2D eigenvalue weighted by molar-refractivity contribution is 6.02. The predicted octanol–water partition coefficient (Wildman–Crippen LogP) is 5.04. The van der Waals surface area contributed by atoms with Gasteiger partial charge in [0.05, 0.1) is 29.8 Å². The molecule has 1 aromatic heterocycles. The van der Waals surface area contributed by atoms with E-state index < -0.39 is 5.41 Å². The van der Waals surface area contributed by atoms with E-state index in [2.05, 4.69) is 25.1 Å². The second kappa shape index (κ2) is 7.49. The molecule has 0 saturated heterocycles. The average molecular weight is 424 g/mol. The Labute approximate surface area is 187 Å². The van der Waals surface area contributed by atoms with Crippen molar-refractivity contribution < 1.29 is 9.53 Å². The predicted molar refractivity (Wildman–Crippen MR) is 123 cm³/mol. The lowest BCUT2D eigenvalue weighted by Gasteiger charge is -2.45. The van der Waals surface area contributed by atoms with E-state index in [0.29, 0.717) is 0 Å². The standard InChI is InChI=1S/C27H25N3O2/c1-17-23-14-13-22-24(18-7-5-4-6-8-18)29-30(20-9-11-21(32-3)12-10-20)26(22)27(23,2)15-19(16-28)25(17)31/h4-12,15,17,23H,13-14H2,1-3H3/t17-,23-,27-/m1/s1. The van der Waals surface area contributed by atoms with Crippen LogP contribution in [0.25, 0.3) is 16.9 Å². The molecule has 3 atom stereocenters. The third-order valence-electron chi connectivity index (χ3n) is 7.18. The van der Waals surface area contributed by atoms with Crippen LogP contribution < -0.4 is 4.74 Å². The van der Waals surface area contributed by atoms with Gasteiger partial charge in [-0.2, -0.15) is 10.4 Å². The number of hydrogen-bond acceptors (Lipinski definition) is 4. The zero-order chi connectivity index (χ0) is 22.5. The van der Waals surface area contributed by atoms with Crippen molar-refractivity contribution in [3.63, 3.8) is 0 Å². The molecule has 2 aromatic carbocycles. The van der Waals surface area contributed by atoms with Gasteiger partial charge >= 0.3 is 0 Å². The minimum absolute atomic E-state index is 0.0442. The fraction of sp³-hybridized carbons (Fsp3) is 0.296. The first-order valence-corrected chi connectivity index (χ1v) is 11.0. The van der Waals surface area contributed by atoms with Crippen LogP contribution in [0.5, 0.6) is 5.75 Å². The zero-order valence-corrected chi connectivity index (χ0v) is 18.5. The molecule has 0 N–H and O–H groups in total. The SMILES string of the molecule is COc1ccc(-n2nc(-c3ccccc3)c3c2[C@]2(C)C=C(C#N)C(=O)[C@H](C)[C@H]2CC3)cc1. The van der Waals surface area contributed by atoms with Crippen molar-refractivity contribution in [2.45, 2.75) is 32.1 Å². The first kappa shape index (κ1) is 20.3. The molecule has 3 aromatic rings. The molecule has 2 aliphatic rings. The lowest BCUT2D eigenvalue weighted by atomic mass is 9.57. The number of benzene rings is 2. The highest BCUT2D eigenvalue weighted by atomic mass is 16.5. The van der Waals surface area contributed by atoms with Gasteiger partial charge in [0, 0.05) is 22.5 Å². The van der Waals surface area contributed by atoms with Crippen molar-refractivity contribution in [1.29, 1.82) is 5.26 Å². The number of ether oxygens (including phenoxy) is 1. The Balaban J connectivity index is 1.80. The van der Waals surface area contributed by atoms with Gasteiger partial charge in [0.25, 0.3) is 0 Å². The van der Waals surface area contributed by atoms with Crippen LogP contribution in [-0.4, -0.2) is 22.7 Å². The Morgan fingerprint density at radius 2 is 1.88 bits per heavy atom. The van der Waals surface area contributed by atoms with Crippen molar-refractivity contribution in [2.24, 2.45) is 11.8 Å². The molecule has 32 heavy (non-hydrogen) atoms. The number of hydrogen-bond donors (Lipinski definition) is 0. The van der Waals surface area contributed by atoms with Gasteiger partial charge in [-0.3, -0.25) is 4.79 Å². The van der Waals surface area contributed by atoms with Crippen molar-refractivity contribution in [2.75, 3.05) is 7.11 Å². The van der Waals surface area contributed by atoms with Gasteiger partial charge in [0.1, 0.15) is 11.8 Å². The molecular formula is C27H25N3O2. The maximum atomic E-state index is 12.8. The summed E-state index contributed by atoms with van der Waals surface area (Å²) < 4.78 is 7.35. The molecule has 2 aliphatic carbocycles. The molecule has 0 radical (unpaired) electrons. The number of nitrogens with zero attached hydrogens (tertiary/aromatic N) is 3. The van der Waals surface area contributed by atoms with Gasteiger partial charge in [0.15, 0.2) is 5.78 Å². The fourth-order valence-electron chi connectivity index (χ4n) is 5.59. The van der Waals surface area contributed by atoms with Crippen LogP contribution in [0.4, 0.5) is 0 Å². The molecule has 5 rings (SSSR count). The molecule has 0 saturated carbocycles. The largest absolute Gasteiger partial charge is 0.497 e. The zero-order valence-electron chi connectivity index (χ0n) is 18.5. The number of carbonyl (C=O) groups excluding carboxylic acids is 1. The first-order chi connectivity index (χ1) is 15.5. The van der Waals surface area contributed by atoms with E-state index in [1.54, 1.807) is 7.11 Å². The van der Waals surface area contributed by atoms with E-state index in [1.807, 2.05) is 60.1 Å². The molecule has 0 bridgehead atoms. The first-order valence-electron chi connectivity index (χ1n) is 11.0. The molecular weight excluding hydrogens is 398 g/mol. The van der Waals surface area contributed by atoms with Gasteiger partial charge in [-0.1, -0.05) is 50.3 Å². The number of methoxy groups -OCH3 is 1. The number of fused-ring (bicyclic) bond motifs is 3. The molecule has 0 fully saturated rings. The molecule has 0 aliphatic heterocycles. The molecule has 1 heterocycles. The van der Waals surface area contributed by atoms with Crippen LogP contribution >= 0.6 is 0 Å². The number of nitriles is 1. The summed E-state index contributed by atoms with van der Waals surface area (Å²) in [7, 11) is 1.65. The molecule has 5 nitrogen and oxygen atoms in total. The summed E-state index contributed by atoms with van der Waals surface area (Å²) in [6.45, 7) is 4.12. The van der Waals surface area contributed by atoms with E-state index in [-0.39, 0.29) is 23.2 Å². The summed E-state index contributed by atoms with van der Waals surface area (Å²) in [5.41, 5.74) is 5.03. The van der Waals surface area contributed by atoms with Crippen molar-refractivity contribution in [1.82, 2.24) is 9.78 Å². The fourth-order valence-corrected chi connectivity index (χ4v) is 5.59. The summed E-state index contributed by atoms with van der Waals surface area (Å²) in [6, 6.07) is 20.2. The van der Waals surface area contributed by atoms with Crippen LogP contribution in [0.2, 0.25) is 0 Å². The Morgan fingerprint density at radius 3 is 2.53 bits per heavy atom. The third kappa shape index (κ3) is 2.90. The molecule has 160 valence electrons. The second-order valence-electron chi connectivity index (χ2n) is 8.90. The van der Waals surface area contributed by atoms with E-state index in [9.17, 15) is 10.1 Å². The molecule has 0 amide bonds. The summed E-state index contributed by atoms with van der Waals surface area (Å²) in [5, 5.41) is 14.8. The number of allylic oxidation sites excluding steroid dienone is 2. The smallest absolute Gasteiger partial charge is 0.176 e. The Bertz CT molecular complexity index is 1260. The van der Waals surface area contributed by atoms with E-state index in [1.165, 1.54) is 5.56 Å². The van der Waals surface area contributed by atoms with Gasteiger partial charge in [-0.25, -0.2) is 4.68 Å². The minimum Gasteiger partial charge on any atom is -0.497 e. The van der Waals surface area contributed by atoms with Crippen LogP contribution in [0.15, 0.2) is 66.2 Å². The lowest BCUT2D eigenvalue weighted by molar-refractivity contribution is -0.121. The van der Waals surface area contributed by atoms with Crippen molar-refractivity contribution in [3.05, 3.63) is 77.5 Å². The monoisotopic (exact) mass is 423 g/mol. The highest BCUT2D eigenvalue weighted by Crippen LogP contribution is 2.52. The van der Waals surface area contributed by atoms with E-state index >= 15 is 0 Å². The quantitative estimate of drug-likeness (QED) is 0.592. The highest BCUT2D eigenvalue weighted by Gasteiger charge is 2.50. The number of rotatable bonds is 3. The summed E-state index contributed by atoms with van der Waals surface area (Å²) in [4.78, 5) is 12.8. The summed E-state index contributed by atoms with van der Waals surface area (Å²) in [5.74, 6) is 0.659. The second-order valence-corrected chi connectivity index (χ2v) is 8.90. The maximum absolute atomic E-state index is 12.8. The van der Waals surface area contributed by atoms with E-state index in [4.69, 9.17) is 9.84 Å². The Hall–Kier alpha value is -3.65. The van der Waals surface area contributed by atoms with Crippen LogP contribution in [0, 0.1) is 23.2 Å². The number of carbonyl (C=O) groups is 1. The van der Waals surface area contributed by atoms with Crippen LogP contribution in [0.1, 0.15) is 31.5 Å². The lowest BCUT2D eigenvalue weighted by Crippen LogP contribution is -2.46. The molecule has 0 unspecified atom stereocenters. The Kier molecular flexibility index (Phi) is 4.74. The Morgan fingerprint density at radius 1 is 1.16 bits per heavy atom.